The highest BCUT2D eigenvalue weighted by molar-refractivity contribution is 5.74. The van der Waals surface area contributed by atoms with Crippen LogP contribution in [0.3, 0.4) is 0 Å². The second-order valence-electron chi connectivity index (χ2n) is 8.38. The van der Waals surface area contributed by atoms with Crippen LogP contribution in [-0.4, -0.2) is 48.6 Å². The number of carbonyl (C=O) groups excluding carboxylic acids is 1. The topological polar surface area (TPSA) is 35.6 Å². The molecule has 0 unspecified atom stereocenters. The Labute approximate surface area is 156 Å². The van der Waals surface area contributed by atoms with E-state index in [-0.39, 0.29) is 11.8 Å². The Morgan fingerprint density at radius 2 is 1.73 bits per heavy atom. The lowest BCUT2D eigenvalue weighted by Crippen LogP contribution is -2.47. The molecule has 0 spiro atoms. The van der Waals surface area contributed by atoms with Gasteiger partial charge in [-0.15, -0.1) is 0 Å². The maximum Gasteiger partial charge on any atom is 0.317 e. The molecule has 1 aromatic carbocycles. The molecule has 4 nitrogen and oxygen atoms in total. The van der Waals surface area contributed by atoms with Crippen molar-refractivity contribution in [2.45, 2.75) is 39.7 Å². The minimum absolute atomic E-state index is 0.00649. The van der Waals surface area contributed by atoms with Gasteiger partial charge in [0, 0.05) is 39.3 Å². The fourth-order valence-corrected chi connectivity index (χ4v) is 4.52. The zero-order valence-electron chi connectivity index (χ0n) is 16.1. The second kappa shape index (κ2) is 8.85. The SMILES string of the molecule is C[C@H]1C[C@H](C)CN(CC2CCN(C(=O)NCc3ccc(F)cc3)CC2)C1. The van der Waals surface area contributed by atoms with Gasteiger partial charge in [0.15, 0.2) is 0 Å². The number of halogens is 1. The first-order valence-corrected chi connectivity index (χ1v) is 9.99. The molecule has 0 aliphatic carbocycles. The fraction of sp³-hybridized carbons (Fsp3) is 0.667. The molecule has 2 amide bonds. The number of amides is 2. The first-order valence-electron chi connectivity index (χ1n) is 9.99. The maximum absolute atomic E-state index is 12.9. The predicted molar refractivity (Wildman–Crippen MR) is 102 cm³/mol. The van der Waals surface area contributed by atoms with Crippen molar-refractivity contribution in [1.29, 1.82) is 0 Å². The molecule has 26 heavy (non-hydrogen) atoms. The van der Waals surface area contributed by atoms with Gasteiger partial charge in [0.1, 0.15) is 5.82 Å². The molecule has 2 heterocycles. The van der Waals surface area contributed by atoms with Crippen LogP contribution in [0.1, 0.15) is 38.7 Å². The molecule has 3 rings (SSSR count). The number of benzene rings is 1. The van der Waals surface area contributed by atoms with Crippen molar-refractivity contribution in [2.24, 2.45) is 17.8 Å². The van der Waals surface area contributed by atoms with Crippen LogP contribution < -0.4 is 5.32 Å². The number of hydrogen-bond acceptors (Lipinski definition) is 2. The van der Waals surface area contributed by atoms with Gasteiger partial charge in [0.2, 0.25) is 0 Å². The van der Waals surface area contributed by atoms with E-state index in [0.29, 0.717) is 12.5 Å². The summed E-state index contributed by atoms with van der Waals surface area (Å²) in [7, 11) is 0. The molecule has 0 aromatic heterocycles. The first kappa shape index (κ1) is 19.2. The molecule has 5 heteroatoms. The molecular weight excluding hydrogens is 329 g/mol. The number of rotatable bonds is 4. The molecule has 0 bridgehead atoms. The van der Waals surface area contributed by atoms with Crippen LogP contribution in [0, 0.1) is 23.6 Å². The van der Waals surface area contributed by atoms with Crippen LogP contribution in [0.2, 0.25) is 0 Å². The van der Waals surface area contributed by atoms with Crippen molar-refractivity contribution < 1.29 is 9.18 Å². The zero-order chi connectivity index (χ0) is 18.5. The maximum atomic E-state index is 12.9. The summed E-state index contributed by atoms with van der Waals surface area (Å²) in [6.45, 7) is 10.5. The van der Waals surface area contributed by atoms with E-state index >= 15 is 0 Å². The molecule has 0 radical (unpaired) electrons. The lowest BCUT2D eigenvalue weighted by atomic mass is 9.89. The molecule has 0 saturated carbocycles. The van der Waals surface area contributed by atoms with Gasteiger partial charge >= 0.3 is 6.03 Å². The summed E-state index contributed by atoms with van der Waals surface area (Å²) < 4.78 is 12.9. The van der Waals surface area contributed by atoms with Crippen LogP contribution in [0.25, 0.3) is 0 Å². The van der Waals surface area contributed by atoms with Gasteiger partial charge in [-0.2, -0.15) is 0 Å². The summed E-state index contributed by atoms with van der Waals surface area (Å²) >= 11 is 0. The van der Waals surface area contributed by atoms with Crippen LogP contribution in [0.4, 0.5) is 9.18 Å². The quantitative estimate of drug-likeness (QED) is 0.887. The van der Waals surface area contributed by atoms with Gasteiger partial charge in [-0.05, 0) is 54.7 Å². The largest absolute Gasteiger partial charge is 0.334 e. The van der Waals surface area contributed by atoms with Crippen LogP contribution in [0.15, 0.2) is 24.3 Å². The van der Waals surface area contributed by atoms with Gasteiger partial charge < -0.3 is 15.1 Å². The van der Waals surface area contributed by atoms with Gasteiger partial charge in [0.25, 0.3) is 0 Å². The van der Waals surface area contributed by atoms with Crippen LogP contribution in [-0.2, 0) is 6.54 Å². The fourth-order valence-electron chi connectivity index (χ4n) is 4.52. The minimum atomic E-state index is -0.250. The Kier molecular flexibility index (Phi) is 6.52. The highest BCUT2D eigenvalue weighted by Gasteiger charge is 2.27. The highest BCUT2D eigenvalue weighted by Crippen LogP contribution is 2.25. The van der Waals surface area contributed by atoms with Crippen molar-refractivity contribution in [3.05, 3.63) is 35.6 Å². The number of piperidine rings is 2. The van der Waals surface area contributed by atoms with E-state index in [9.17, 15) is 9.18 Å². The normalized spacial score (nSPS) is 25.3. The van der Waals surface area contributed by atoms with Crippen molar-refractivity contribution in [3.63, 3.8) is 0 Å². The standard InChI is InChI=1S/C21H32FN3O/c1-16-11-17(2)14-24(13-16)15-19-7-9-25(10-8-19)21(26)23-12-18-3-5-20(22)6-4-18/h3-6,16-17,19H,7-15H2,1-2H3,(H,23,26)/t16-,17-/m0/s1. The van der Waals surface area contributed by atoms with Gasteiger partial charge in [0.05, 0.1) is 0 Å². The Morgan fingerprint density at radius 3 is 2.35 bits per heavy atom. The Morgan fingerprint density at radius 1 is 1.12 bits per heavy atom. The second-order valence-corrected chi connectivity index (χ2v) is 8.38. The van der Waals surface area contributed by atoms with Crippen LogP contribution >= 0.6 is 0 Å². The van der Waals surface area contributed by atoms with E-state index in [4.69, 9.17) is 0 Å². The molecule has 2 saturated heterocycles. The summed E-state index contributed by atoms with van der Waals surface area (Å²) in [6.07, 6.45) is 3.52. The molecular formula is C21H32FN3O. The number of carbonyl (C=O) groups is 1. The summed E-state index contributed by atoms with van der Waals surface area (Å²) in [5.41, 5.74) is 0.919. The van der Waals surface area contributed by atoms with E-state index in [2.05, 4.69) is 24.1 Å². The number of nitrogens with zero attached hydrogens (tertiary/aromatic N) is 2. The minimum Gasteiger partial charge on any atom is -0.334 e. The molecule has 2 atom stereocenters. The van der Waals surface area contributed by atoms with Crippen molar-refractivity contribution >= 4 is 6.03 Å². The number of likely N-dealkylation sites (tertiary alicyclic amines) is 2. The Bertz CT molecular complexity index is 573. The van der Waals surface area contributed by atoms with E-state index in [1.165, 1.54) is 38.2 Å². The highest BCUT2D eigenvalue weighted by atomic mass is 19.1. The summed E-state index contributed by atoms with van der Waals surface area (Å²) in [4.78, 5) is 16.9. The Hall–Kier alpha value is -1.62. The zero-order valence-corrected chi connectivity index (χ0v) is 16.1. The van der Waals surface area contributed by atoms with Crippen molar-refractivity contribution in [2.75, 3.05) is 32.7 Å². The van der Waals surface area contributed by atoms with Crippen molar-refractivity contribution in [3.8, 4) is 0 Å². The predicted octanol–water partition coefficient (Wildman–Crippen LogP) is 3.73. The lowest BCUT2D eigenvalue weighted by molar-refractivity contribution is 0.0995. The van der Waals surface area contributed by atoms with E-state index in [0.717, 1.165) is 43.3 Å². The molecule has 2 aliphatic heterocycles. The molecule has 2 fully saturated rings. The molecule has 1 aromatic rings. The average molecular weight is 362 g/mol. The van der Waals surface area contributed by atoms with E-state index < -0.39 is 0 Å². The molecule has 2 aliphatic rings. The van der Waals surface area contributed by atoms with Crippen molar-refractivity contribution in [1.82, 2.24) is 15.1 Å². The third-order valence-corrected chi connectivity index (χ3v) is 5.72. The van der Waals surface area contributed by atoms with E-state index in [1.54, 1.807) is 12.1 Å². The molecule has 144 valence electrons. The van der Waals surface area contributed by atoms with Crippen LogP contribution in [0.5, 0.6) is 0 Å². The number of nitrogens with one attached hydrogen (secondary N) is 1. The summed E-state index contributed by atoms with van der Waals surface area (Å²) in [5, 5.41) is 2.95. The average Bonchev–Trinajstić information content (AvgIpc) is 2.61. The van der Waals surface area contributed by atoms with Gasteiger partial charge in [-0.25, -0.2) is 9.18 Å². The smallest absolute Gasteiger partial charge is 0.317 e. The molecule has 1 N–H and O–H groups in total. The van der Waals surface area contributed by atoms with E-state index in [1.807, 2.05) is 4.90 Å². The number of hydrogen-bond donors (Lipinski definition) is 1. The van der Waals surface area contributed by atoms with Gasteiger partial charge in [-0.3, -0.25) is 0 Å². The monoisotopic (exact) mass is 361 g/mol. The third-order valence-electron chi connectivity index (χ3n) is 5.72. The number of urea groups is 1. The summed E-state index contributed by atoms with van der Waals surface area (Å²) in [6, 6.07) is 6.27. The summed E-state index contributed by atoms with van der Waals surface area (Å²) in [5.74, 6) is 2.06. The third kappa shape index (κ3) is 5.44. The lowest BCUT2D eigenvalue weighted by Gasteiger charge is -2.39. The Balaban J connectivity index is 1.38. The van der Waals surface area contributed by atoms with Gasteiger partial charge in [-0.1, -0.05) is 26.0 Å². The first-order chi connectivity index (χ1) is 12.5.